The standard InChI is InChI=1S/C33H30F5N6OPS2.BrH.Cu/c1-21(31(42-43-32(47)39-2)25-26(34)28(36)30(38)29(37)27(25)35)41-44-33(48)40-18-19-45-20-46(22-12-6-3-7-13-22,23-14-8-4-9-15-23)24-16-10-5-11-17-24;;/h3-17H,18-20H2,1-2H3,(H3-,39,40,41,42,43,44,47,48);1H;/q;;+2/p-2. The minimum Gasteiger partial charge on any atom is -1.00 e. The first-order valence-electron chi connectivity index (χ1n) is 14.3. The quantitative estimate of drug-likeness (QED) is 0.0218. The van der Waals surface area contributed by atoms with Crippen molar-refractivity contribution < 1.29 is 60.7 Å². The summed E-state index contributed by atoms with van der Waals surface area (Å²) in [7, 11) is -0.821. The topological polar surface area (TPSA) is 82.7 Å². The Morgan fingerprint density at radius 2 is 1.08 bits per heavy atom. The molecule has 0 saturated heterocycles. The summed E-state index contributed by atoms with van der Waals surface area (Å²) >= 11 is 10.1. The van der Waals surface area contributed by atoms with E-state index in [0.29, 0.717) is 6.35 Å². The Kier molecular flexibility index (Phi) is 17.5. The third kappa shape index (κ3) is 10.1. The molecule has 0 aliphatic rings. The van der Waals surface area contributed by atoms with E-state index in [4.69, 9.17) is 30.0 Å². The van der Waals surface area contributed by atoms with Crippen molar-refractivity contribution in [1.82, 2.24) is 10.6 Å². The van der Waals surface area contributed by atoms with Crippen molar-refractivity contribution in [2.45, 2.75) is 6.92 Å². The van der Waals surface area contributed by atoms with E-state index < -0.39 is 47.6 Å². The molecule has 0 aliphatic heterocycles. The zero-order valence-electron chi connectivity index (χ0n) is 26.3. The summed E-state index contributed by atoms with van der Waals surface area (Å²) < 4.78 is 77.2. The molecule has 0 saturated carbocycles. The number of ether oxygens (including phenoxy) is 1. The van der Waals surface area contributed by atoms with Gasteiger partial charge in [-0.1, -0.05) is 54.6 Å². The molecule has 0 aliphatic carbocycles. The van der Waals surface area contributed by atoms with Crippen LogP contribution in [-0.2, 0) is 47.1 Å². The summed E-state index contributed by atoms with van der Waals surface area (Å²) in [5, 5.41) is 23.2. The first-order valence-corrected chi connectivity index (χ1v) is 17.1. The minimum absolute atomic E-state index is 0. The number of nitrogens with zero attached hydrogens (tertiary/aromatic N) is 4. The van der Waals surface area contributed by atoms with Gasteiger partial charge in [0.25, 0.3) is 0 Å². The van der Waals surface area contributed by atoms with Crippen LogP contribution in [0.4, 0.5) is 22.0 Å². The summed E-state index contributed by atoms with van der Waals surface area (Å²) in [6.07, 6.45) is 0.396. The van der Waals surface area contributed by atoms with Crippen molar-refractivity contribution in [2.75, 3.05) is 26.5 Å². The summed E-state index contributed by atoms with van der Waals surface area (Å²) in [4.78, 5) is 0. The molecule has 0 atom stereocenters. The molecule has 267 valence electrons. The number of hydrogen-bond acceptors (Lipinski definition) is 7. The Balaban J connectivity index is 0.00000433. The van der Waals surface area contributed by atoms with Gasteiger partial charge in [0.05, 0.1) is 17.9 Å². The molecule has 0 bridgehead atoms. The molecule has 0 aromatic heterocycles. The third-order valence-electron chi connectivity index (χ3n) is 6.93. The van der Waals surface area contributed by atoms with Crippen LogP contribution in [0.3, 0.4) is 0 Å². The molecule has 2 N–H and O–H groups in total. The normalized spacial score (nSPS) is 12.5. The van der Waals surface area contributed by atoms with E-state index >= 15 is 0 Å². The predicted molar refractivity (Wildman–Crippen MR) is 189 cm³/mol. The Bertz CT molecular complexity index is 1720. The van der Waals surface area contributed by atoms with Crippen LogP contribution in [0.2, 0.25) is 0 Å². The average Bonchev–Trinajstić information content (AvgIpc) is 3.12. The number of nitrogens with one attached hydrogen (secondary N) is 2. The first-order chi connectivity index (χ1) is 23.1. The zero-order valence-corrected chi connectivity index (χ0v) is 31.4. The number of amidine groups is 2. The van der Waals surface area contributed by atoms with Gasteiger partial charge >= 0.3 is 17.1 Å². The molecule has 0 spiro atoms. The second-order valence-corrected chi connectivity index (χ2v) is 14.1. The van der Waals surface area contributed by atoms with Crippen LogP contribution in [-0.4, -0.2) is 48.3 Å². The van der Waals surface area contributed by atoms with Crippen molar-refractivity contribution >= 4 is 70.2 Å². The van der Waals surface area contributed by atoms with Crippen LogP contribution in [0.25, 0.3) is 0 Å². The summed E-state index contributed by atoms with van der Waals surface area (Å²) in [5.74, 6) is -10.9. The van der Waals surface area contributed by atoms with Crippen molar-refractivity contribution in [3.8, 4) is 0 Å². The molecule has 4 aromatic rings. The van der Waals surface area contributed by atoms with Gasteiger partial charge in [0.15, 0.2) is 29.6 Å². The predicted octanol–water partition coefficient (Wildman–Crippen LogP) is 2.05. The van der Waals surface area contributed by atoms with Crippen molar-refractivity contribution in [1.29, 1.82) is 0 Å². The van der Waals surface area contributed by atoms with Crippen LogP contribution < -0.4 is 43.5 Å². The SMILES string of the molecule is CNC([S-])=NN=C(C(C)=NN=C([S-])NCCOC[P+](c1ccccc1)(c1ccccc1)c1ccccc1)c1c(F)c(F)c(F)c(F)c1F.[Br-].[Cu+2]. The summed E-state index contributed by atoms with van der Waals surface area (Å²) in [5.41, 5.74) is -2.50. The Morgan fingerprint density at radius 1 is 0.660 bits per heavy atom. The number of hydrogen-bond donors (Lipinski definition) is 2. The van der Waals surface area contributed by atoms with Crippen LogP contribution in [0.1, 0.15) is 12.5 Å². The fourth-order valence-corrected chi connectivity index (χ4v) is 8.59. The second-order valence-electron chi connectivity index (χ2n) is 9.92. The Hall–Kier alpha value is -3.36. The molecule has 0 fully saturated rings. The summed E-state index contributed by atoms with van der Waals surface area (Å²) in [6.45, 7) is 1.63. The van der Waals surface area contributed by atoms with E-state index in [2.05, 4.69) is 67.4 Å². The van der Waals surface area contributed by atoms with Crippen LogP contribution in [0.15, 0.2) is 111 Å². The van der Waals surface area contributed by atoms with Crippen molar-refractivity contribution in [3.63, 3.8) is 0 Å². The number of rotatable bonds is 12. The van der Waals surface area contributed by atoms with Crippen molar-refractivity contribution in [3.05, 3.63) is 126 Å². The van der Waals surface area contributed by atoms with Gasteiger partial charge < -0.3 is 57.6 Å². The molecule has 4 aromatic carbocycles. The second kappa shape index (κ2) is 20.5. The maximum absolute atomic E-state index is 14.6. The van der Waals surface area contributed by atoms with Gasteiger partial charge in [-0.25, -0.2) is 22.0 Å². The third-order valence-corrected chi connectivity index (χ3v) is 11.6. The van der Waals surface area contributed by atoms with Crippen LogP contribution in [0, 0.1) is 29.1 Å². The van der Waals surface area contributed by atoms with E-state index in [1.165, 1.54) is 14.0 Å². The Morgan fingerprint density at radius 3 is 1.52 bits per heavy atom. The smallest absolute Gasteiger partial charge is 1.00 e. The molecular weight excluding hydrogens is 830 g/mol. The van der Waals surface area contributed by atoms with Crippen LogP contribution in [0.5, 0.6) is 0 Å². The van der Waals surface area contributed by atoms with Gasteiger partial charge in [0, 0.05) is 13.6 Å². The molecule has 7 nitrogen and oxygen atoms in total. The van der Waals surface area contributed by atoms with Gasteiger partial charge in [-0.3, -0.25) is 0 Å². The molecular formula is C33H29BrCuF5N6OPS2. The minimum atomic E-state index is -2.32. The maximum atomic E-state index is 14.6. The van der Waals surface area contributed by atoms with E-state index in [1.54, 1.807) is 0 Å². The molecule has 17 heteroatoms. The zero-order chi connectivity index (χ0) is 34.7. The maximum Gasteiger partial charge on any atom is 2.00 e. The fourth-order valence-electron chi connectivity index (χ4n) is 4.61. The molecule has 4 rings (SSSR count). The summed E-state index contributed by atoms with van der Waals surface area (Å²) in [6, 6.07) is 30.6. The fraction of sp³-hybridized carbons (Fsp3) is 0.152. The molecule has 0 heterocycles. The van der Waals surface area contributed by atoms with Crippen molar-refractivity contribution in [2.24, 2.45) is 20.4 Å². The van der Waals surface area contributed by atoms with E-state index in [1.807, 2.05) is 54.6 Å². The van der Waals surface area contributed by atoms with Crippen LogP contribution >= 0.6 is 7.26 Å². The van der Waals surface area contributed by atoms with E-state index in [0.717, 1.165) is 15.9 Å². The monoisotopic (exact) mass is 857 g/mol. The average molecular weight is 859 g/mol. The number of halogens is 6. The Labute approximate surface area is 319 Å². The first kappa shape index (κ1) is 42.8. The van der Waals surface area contributed by atoms with Gasteiger partial charge in [-0.15, -0.1) is 5.10 Å². The van der Waals surface area contributed by atoms with Gasteiger partial charge in [0.2, 0.25) is 5.82 Å². The van der Waals surface area contributed by atoms with Gasteiger partial charge in [0.1, 0.15) is 28.9 Å². The molecule has 0 unspecified atom stereocenters. The molecule has 0 amide bonds. The van der Waals surface area contributed by atoms with E-state index in [-0.39, 0.29) is 63.2 Å². The van der Waals surface area contributed by atoms with Gasteiger partial charge in [-0.05, 0) is 53.7 Å². The van der Waals surface area contributed by atoms with E-state index in [9.17, 15) is 22.0 Å². The molecule has 50 heavy (non-hydrogen) atoms. The largest absolute Gasteiger partial charge is 2.00 e. The number of benzene rings is 4. The molecule has 1 radical (unpaired) electrons. The van der Waals surface area contributed by atoms with Gasteiger partial charge in [-0.2, -0.15) is 15.3 Å².